The molecule has 0 heterocycles. The van der Waals surface area contributed by atoms with Crippen molar-refractivity contribution in [2.75, 3.05) is 5.32 Å². The molecule has 2 aromatic carbocycles. The summed E-state index contributed by atoms with van der Waals surface area (Å²) in [7, 11) is 0. The first kappa shape index (κ1) is 16.5. The molecule has 5 nitrogen and oxygen atoms in total. The number of rotatable bonds is 4. The van der Waals surface area contributed by atoms with E-state index in [2.05, 4.69) is 21.2 Å². The number of nitrogens with zero attached hydrogens (tertiary/aromatic N) is 1. The van der Waals surface area contributed by atoms with E-state index in [0.717, 1.165) is 4.47 Å². The predicted octanol–water partition coefficient (Wildman–Crippen LogP) is 3.69. The molecule has 0 aliphatic carbocycles. The number of carboxylic acids is 1. The van der Waals surface area contributed by atoms with Crippen LogP contribution in [0.3, 0.4) is 0 Å². The fraction of sp³-hybridized carbons (Fsp3) is 0. The third kappa shape index (κ3) is 4.28. The molecular weight excluding hydrogens is 360 g/mol. The Labute approximate surface area is 141 Å². The van der Waals surface area contributed by atoms with Crippen LogP contribution in [0.1, 0.15) is 15.9 Å². The Morgan fingerprint density at radius 2 is 1.78 bits per heavy atom. The monoisotopic (exact) mass is 370 g/mol. The lowest BCUT2D eigenvalue weighted by Crippen LogP contribution is -2.13. The number of benzene rings is 2. The molecular formula is C17H11BrN2O3. The number of nitrogens with one attached hydrogen (secondary N) is 1. The highest BCUT2D eigenvalue weighted by atomic mass is 79.9. The van der Waals surface area contributed by atoms with Crippen LogP contribution < -0.4 is 5.32 Å². The lowest BCUT2D eigenvalue weighted by atomic mass is 10.1. The van der Waals surface area contributed by atoms with Gasteiger partial charge >= 0.3 is 5.97 Å². The smallest absolute Gasteiger partial charge is 0.335 e. The van der Waals surface area contributed by atoms with E-state index in [-0.39, 0.29) is 11.1 Å². The molecule has 1 amide bonds. The van der Waals surface area contributed by atoms with Crippen molar-refractivity contribution in [2.45, 2.75) is 0 Å². The second-order valence-electron chi connectivity index (χ2n) is 4.53. The van der Waals surface area contributed by atoms with Crippen molar-refractivity contribution < 1.29 is 14.7 Å². The van der Waals surface area contributed by atoms with E-state index in [1.165, 1.54) is 30.3 Å². The molecule has 6 heteroatoms. The Morgan fingerprint density at radius 3 is 2.35 bits per heavy atom. The zero-order valence-corrected chi connectivity index (χ0v) is 13.4. The van der Waals surface area contributed by atoms with Gasteiger partial charge in [0, 0.05) is 10.2 Å². The standard InChI is InChI=1S/C17H11BrN2O3/c18-15-4-2-1-3-12(15)9-13(10-19)16(21)20-14-7-5-11(6-8-14)17(22)23/h1-9H,(H,20,21)(H,22,23). The Kier molecular flexibility index (Phi) is 5.28. The van der Waals surface area contributed by atoms with Gasteiger partial charge in [0.25, 0.3) is 5.91 Å². The molecule has 2 aromatic rings. The van der Waals surface area contributed by atoms with Gasteiger partial charge in [0.15, 0.2) is 0 Å². The van der Waals surface area contributed by atoms with Crippen LogP contribution in [0.15, 0.2) is 58.6 Å². The predicted molar refractivity (Wildman–Crippen MR) is 89.8 cm³/mol. The summed E-state index contributed by atoms with van der Waals surface area (Å²) in [6.45, 7) is 0. The molecule has 0 aromatic heterocycles. The Hall–Kier alpha value is -2.91. The third-order valence-corrected chi connectivity index (χ3v) is 3.68. The molecule has 0 bridgehead atoms. The number of carbonyl (C=O) groups excluding carboxylic acids is 1. The van der Waals surface area contributed by atoms with Crippen molar-refractivity contribution in [3.63, 3.8) is 0 Å². The minimum absolute atomic E-state index is 0.0563. The number of carbonyl (C=O) groups is 2. The van der Waals surface area contributed by atoms with Crippen LogP contribution in [0.5, 0.6) is 0 Å². The normalized spacial score (nSPS) is 10.7. The zero-order valence-electron chi connectivity index (χ0n) is 11.8. The van der Waals surface area contributed by atoms with Crippen LogP contribution in [-0.2, 0) is 4.79 Å². The van der Waals surface area contributed by atoms with Crippen molar-refractivity contribution in [3.05, 3.63) is 69.7 Å². The van der Waals surface area contributed by atoms with Crippen LogP contribution in [0, 0.1) is 11.3 Å². The quantitative estimate of drug-likeness (QED) is 0.634. The summed E-state index contributed by atoms with van der Waals surface area (Å²) in [6, 6.07) is 14.8. The summed E-state index contributed by atoms with van der Waals surface area (Å²) in [4.78, 5) is 22.9. The molecule has 23 heavy (non-hydrogen) atoms. The number of hydrogen-bond acceptors (Lipinski definition) is 3. The van der Waals surface area contributed by atoms with Crippen LogP contribution >= 0.6 is 15.9 Å². The lowest BCUT2D eigenvalue weighted by Gasteiger charge is -2.05. The molecule has 2 rings (SSSR count). The Bertz CT molecular complexity index is 820. The van der Waals surface area contributed by atoms with E-state index in [4.69, 9.17) is 5.11 Å². The molecule has 0 saturated carbocycles. The number of carboxylic acid groups (broad SMARTS) is 1. The number of halogens is 1. The maximum atomic E-state index is 12.1. The molecule has 0 aliphatic rings. The van der Waals surface area contributed by atoms with Gasteiger partial charge in [0.1, 0.15) is 11.6 Å². The van der Waals surface area contributed by atoms with Crippen molar-refractivity contribution >= 4 is 39.6 Å². The van der Waals surface area contributed by atoms with Crippen LogP contribution in [0.25, 0.3) is 6.08 Å². The van der Waals surface area contributed by atoms with E-state index < -0.39 is 11.9 Å². The zero-order chi connectivity index (χ0) is 16.8. The molecule has 0 spiro atoms. The SMILES string of the molecule is N#CC(=Cc1ccccc1Br)C(=O)Nc1ccc(C(=O)O)cc1. The number of aromatic carboxylic acids is 1. The highest BCUT2D eigenvalue weighted by molar-refractivity contribution is 9.10. The number of amides is 1. The van der Waals surface area contributed by atoms with Gasteiger partial charge in [-0.05, 0) is 42.0 Å². The summed E-state index contributed by atoms with van der Waals surface area (Å²) in [5.41, 5.74) is 1.18. The molecule has 0 atom stereocenters. The van der Waals surface area contributed by atoms with Crippen LogP contribution in [0.4, 0.5) is 5.69 Å². The second-order valence-corrected chi connectivity index (χ2v) is 5.38. The lowest BCUT2D eigenvalue weighted by molar-refractivity contribution is -0.112. The maximum absolute atomic E-state index is 12.1. The summed E-state index contributed by atoms with van der Waals surface area (Å²) < 4.78 is 0.770. The van der Waals surface area contributed by atoms with E-state index in [1.54, 1.807) is 12.1 Å². The van der Waals surface area contributed by atoms with Gasteiger partial charge in [-0.2, -0.15) is 5.26 Å². The van der Waals surface area contributed by atoms with Crippen molar-refractivity contribution in [1.82, 2.24) is 0 Å². The van der Waals surface area contributed by atoms with Gasteiger partial charge in [-0.15, -0.1) is 0 Å². The molecule has 2 N–H and O–H groups in total. The topological polar surface area (TPSA) is 90.2 Å². The fourth-order valence-electron chi connectivity index (χ4n) is 1.79. The van der Waals surface area contributed by atoms with Gasteiger partial charge in [-0.1, -0.05) is 34.1 Å². The van der Waals surface area contributed by atoms with Gasteiger partial charge in [-0.25, -0.2) is 4.79 Å². The molecule has 0 unspecified atom stereocenters. The van der Waals surface area contributed by atoms with E-state index >= 15 is 0 Å². The summed E-state index contributed by atoms with van der Waals surface area (Å²) >= 11 is 3.35. The molecule has 0 aliphatic heterocycles. The first-order valence-corrected chi connectivity index (χ1v) is 7.31. The van der Waals surface area contributed by atoms with Gasteiger partial charge in [0.2, 0.25) is 0 Å². The van der Waals surface area contributed by atoms with Gasteiger partial charge in [-0.3, -0.25) is 4.79 Å². The average molecular weight is 371 g/mol. The number of nitriles is 1. The molecule has 0 saturated heterocycles. The average Bonchev–Trinajstić information content (AvgIpc) is 2.54. The Balaban J connectivity index is 2.19. The molecule has 114 valence electrons. The second kappa shape index (κ2) is 7.38. The van der Waals surface area contributed by atoms with E-state index in [0.29, 0.717) is 11.3 Å². The van der Waals surface area contributed by atoms with Gasteiger partial charge in [0.05, 0.1) is 5.56 Å². The van der Waals surface area contributed by atoms with Gasteiger partial charge < -0.3 is 10.4 Å². The summed E-state index contributed by atoms with van der Waals surface area (Å²) in [5.74, 6) is -1.61. The molecule has 0 radical (unpaired) electrons. The minimum Gasteiger partial charge on any atom is -0.478 e. The largest absolute Gasteiger partial charge is 0.478 e. The molecule has 0 fully saturated rings. The highest BCUT2D eigenvalue weighted by Gasteiger charge is 2.11. The number of hydrogen-bond donors (Lipinski definition) is 2. The maximum Gasteiger partial charge on any atom is 0.335 e. The van der Waals surface area contributed by atoms with E-state index in [9.17, 15) is 14.9 Å². The highest BCUT2D eigenvalue weighted by Crippen LogP contribution is 2.19. The van der Waals surface area contributed by atoms with Crippen LogP contribution in [-0.4, -0.2) is 17.0 Å². The van der Waals surface area contributed by atoms with Crippen molar-refractivity contribution in [2.24, 2.45) is 0 Å². The fourth-order valence-corrected chi connectivity index (χ4v) is 2.19. The first-order chi connectivity index (χ1) is 11.0. The summed E-state index contributed by atoms with van der Waals surface area (Å²) in [5, 5.41) is 20.6. The minimum atomic E-state index is -1.05. The number of anilines is 1. The van der Waals surface area contributed by atoms with Crippen molar-refractivity contribution in [1.29, 1.82) is 5.26 Å². The van der Waals surface area contributed by atoms with E-state index in [1.807, 2.05) is 18.2 Å². The summed E-state index contributed by atoms with van der Waals surface area (Å²) in [6.07, 6.45) is 1.48. The van der Waals surface area contributed by atoms with Crippen LogP contribution in [0.2, 0.25) is 0 Å². The van der Waals surface area contributed by atoms with Crippen molar-refractivity contribution in [3.8, 4) is 6.07 Å². The Morgan fingerprint density at radius 1 is 1.13 bits per heavy atom. The third-order valence-electron chi connectivity index (χ3n) is 2.96. The first-order valence-electron chi connectivity index (χ1n) is 6.52.